The van der Waals surface area contributed by atoms with Crippen LogP contribution in [0.3, 0.4) is 0 Å². The van der Waals surface area contributed by atoms with Gasteiger partial charge in [0, 0.05) is 0 Å². The normalized spacial score (nSPS) is 9.20. The Morgan fingerprint density at radius 2 is 1.80 bits per heavy atom. The molecule has 0 spiro atoms. The highest BCUT2D eigenvalue weighted by atomic mass is 16.3. The first-order valence-electron chi connectivity index (χ1n) is 2.57. The van der Waals surface area contributed by atoms with Crippen molar-refractivity contribution in [2.24, 2.45) is 0 Å². The predicted octanol–water partition coefficient (Wildman–Crippen LogP) is 0.305. The second kappa shape index (κ2) is 2.34. The van der Waals surface area contributed by atoms with Gasteiger partial charge in [-0.15, -0.1) is 0 Å². The number of pyridine rings is 1. The molecule has 0 unspecified atom stereocenters. The molecule has 1 aromatic rings. The van der Waals surface area contributed by atoms with E-state index in [1.165, 1.54) is 0 Å². The van der Waals surface area contributed by atoms with E-state index >= 15 is 0 Å². The van der Waals surface area contributed by atoms with Crippen LogP contribution in [-0.2, 0) is 0 Å². The molecule has 1 rings (SSSR count). The van der Waals surface area contributed by atoms with E-state index < -0.39 is 0 Å². The molecule has 0 atom stereocenters. The molecule has 10 heavy (non-hydrogen) atoms. The minimum absolute atomic E-state index is 0.130. The summed E-state index contributed by atoms with van der Waals surface area (Å²) in [6.07, 6.45) is 2.54. The van der Waals surface area contributed by atoms with Crippen molar-refractivity contribution in [3.05, 3.63) is 18.0 Å². The molecule has 2 N–H and O–H groups in total. The van der Waals surface area contributed by atoms with Crippen molar-refractivity contribution >= 4 is 6.29 Å². The molecule has 0 amide bonds. The van der Waals surface area contributed by atoms with Crippen molar-refractivity contribution in [2.75, 3.05) is 0 Å². The molecule has 1 heterocycles. The zero-order chi connectivity index (χ0) is 7.56. The lowest BCUT2D eigenvalue weighted by Crippen LogP contribution is -1.83. The Morgan fingerprint density at radius 3 is 2.10 bits per heavy atom. The summed E-state index contributed by atoms with van der Waals surface area (Å²) in [6.45, 7) is 0. The zero-order valence-corrected chi connectivity index (χ0v) is 4.98. The van der Waals surface area contributed by atoms with Gasteiger partial charge in [-0.1, -0.05) is 0 Å². The van der Waals surface area contributed by atoms with Gasteiger partial charge in [0.1, 0.15) is 17.1 Å². The fourth-order valence-corrected chi connectivity index (χ4v) is 0.570. The Bertz CT molecular complexity index is 239. The van der Waals surface area contributed by atoms with Gasteiger partial charge < -0.3 is 10.2 Å². The van der Waals surface area contributed by atoms with Crippen LogP contribution in [0.4, 0.5) is 0 Å². The topological polar surface area (TPSA) is 70.4 Å². The van der Waals surface area contributed by atoms with Crippen molar-refractivity contribution in [3.8, 4) is 11.5 Å². The first-order chi connectivity index (χ1) is 4.75. The zero-order valence-electron chi connectivity index (χ0n) is 4.98. The van der Waals surface area contributed by atoms with Crippen LogP contribution in [0.25, 0.3) is 0 Å². The maximum Gasteiger partial charge on any atom is 0.157 e. The second-order valence-corrected chi connectivity index (χ2v) is 1.71. The summed E-state index contributed by atoms with van der Waals surface area (Å²) in [7, 11) is 0. The van der Waals surface area contributed by atoms with Crippen LogP contribution in [0.2, 0.25) is 0 Å². The summed E-state index contributed by atoms with van der Waals surface area (Å²) in [5.41, 5.74) is -0.130. The minimum Gasteiger partial charge on any atom is -0.505 e. The van der Waals surface area contributed by atoms with Crippen molar-refractivity contribution in [2.45, 2.75) is 0 Å². The molecule has 0 saturated carbocycles. The second-order valence-electron chi connectivity index (χ2n) is 1.71. The lowest BCUT2D eigenvalue weighted by atomic mass is 10.2. The van der Waals surface area contributed by atoms with Crippen molar-refractivity contribution < 1.29 is 15.0 Å². The Kier molecular flexibility index (Phi) is 1.53. The molecule has 1 aromatic heterocycles. The number of aromatic nitrogens is 1. The lowest BCUT2D eigenvalue weighted by molar-refractivity contribution is 0.111. The summed E-state index contributed by atoms with van der Waals surface area (Å²) in [4.78, 5) is 13.5. The average molecular weight is 139 g/mol. The van der Waals surface area contributed by atoms with Crippen LogP contribution < -0.4 is 0 Å². The highest BCUT2D eigenvalue weighted by Crippen LogP contribution is 2.21. The molecule has 4 nitrogen and oxygen atoms in total. The molecule has 0 fully saturated rings. The molecule has 0 radical (unpaired) electrons. The Morgan fingerprint density at radius 1 is 1.30 bits per heavy atom. The number of hydrogen-bond donors (Lipinski definition) is 2. The third kappa shape index (κ3) is 0.907. The number of carbonyl (C=O) groups is 1. The first kappa shape index (κ1) is 6.54. The average Bonchev–Trinajstić information content (AvgIpc) is 1.88. The van der Waals surface area contributed by atoms with Gasteiger partial charge in [-0.2, -0.15) is 0 Å². The van der Waals surface area contributed by atoms with E-state index in [2.05, 4.69) is 4.98 Å². The largest absolute Gasteiger partial charge is 0.505 e. The molecule has 4 heteroatoms. The molecule has 0 aliphatic rings. The Balaban J connectivity index is 3.30. The van der Waals surface area contributed by atoms with E-state index in [0.29, 0.717) is 6.29 Å². The van der Waals surface area contributed by atoms with E-state index in [4.69, 9.17) is 10.2 Å². The van der Waals surface area contributed by atoms with Gasteiger partial charge in [0.05, 0.1) is 12.4 Å². The van der Waals surface area contributed by atoms with Crippen LogP contribution in [0.1, 0.15) is 10.4 Å². The smallest absolute Gasteiger partial charge is 0.157 e. The first-order valence-corrected chi connectivity index (χ1v) is 2.57. The molecule has 0 aliphatic carbocycles. The summed E-state index contributed by atoms with van der Waals surface area (Å²) in [6, 6.07) is 0. The summed E-state index contributed by atoms with van der Waals surface area (Å²) >= 11 is 0. The summed E-state index contributed by atoms with van der Waals surface area (Å²) < 4.78 is 0. The lowest BCUT2D eigenvalue weighted by Gasteiger charge is -1.96. The molecule has 0 bridgehead atoms. The van der Waals surface area contributed by atoms with Crippen molar-refractivity contribution in [1.29, 1.82) is 0 Å². The molecular weight excluding hydrogens is 134 g/mol. The molecular formula is C6H5NO3. The fourth-order valence-electron chi connectivity index (χ4n) is 0.570. The Labute approximate surface area is 56.8 Å². The quantitative estimate of drug-likeness (QED) is 0.549. The summed E-state index contributed by atoms with van der Waals surface area (Å²) in [5.74, 6) is -0.620. The number of aldehydes is 1. The van der Waals surface area contributed by atoms with E-state index in [9.17, 15) is 4.79 Å². The summed E-state index contributed by atoms with van der Waals surface area (Å²) in [5, 5.41) is 17.7. The number of aromatic hydroxyl groups is 2. The van der Waals surface area contributed by atoms with Gasteiger partial charge in [0.2, 0.25) is 0 Å². The monoisotopic (exact) mass is 139 g/mol. The number of hydrogen-bond acceptors (Lipinski definition) is 4. The number of carbonyl (C=O) groups excluding carboxylic acids is 1. The van der Waals surface area contributed by atoms with Crippen LogP contribution in [-0.4, -0.2) is 21.5 Å². The molecule has 52 valence electrons. The predicted molar refractivity (Wildman–Crippen MR) is 33.0 cm³/mol. The number of rotatable bonds is 1. The third-order valence-electron chi connectivity index (χ3n) is 1.06. The third-order valence-corrected chi connectivity index (χ3v) is 1.06. The highest BCUT2D eigenvalue weighted by Gasteiger charge is 2.04. The highest BCUT2D eigenvalue weighted by molar-refractivity contribution is 5.82. The van der Waals surface area contributed by atoms with Gasteiger partial charge in [-0.05, 0) is 0 Å². The van der Waals surface area contributed by atoms with Gasteiger partial charge in [0.15, 0.2) is 6.29 Å². The van der Waals surface area contributed by atoms with Crippen molar-refractivity contribution in [1.82, 2.24) is 4.98 Å². The fraction of sp³-hybridized carbons (Fsp3) is 0. The van der Waals surface area contributed by atoms with Gasteiger partial charge >= 0.3 is 0 Å². The number of nitrogens with zero attached hydrogens (tertiary/aromatic N) is 1. The molecule has 0 saturated heterocycles. The minimum atomic E-state index is -0.310. The maximum absolute atomic E-state index is 10.1. The van der Waals surface area contributed by atoms with Gasteiger partial charge in [-0.3, -0.25) is 9.78 Å². The van der Waals surface area contributed by atoms with Gasteiger partial charge in [-0.25, -0.2) is 0 Å². The van der Waals surface area contributed by atoms with Crippen LogP contribution in [0, 0.1) is 0 Å². The molecule has 0 aromatic carbocycles. The van der Waals surface area contributed by atoms with Crippen LogP contribution in [0.15, 0.2) is 12.4 Å². The maximum atomic E-state index is 10.1. The van der Waals surface area contributed by atoms with E-state index in [-0.39, 0.29) is 17.1 Å². The van der Waals surface area contributed by atoms with E-state index in [0.717, 1.165) is 12.4 Å². The SMILES string of the molecule is O=Cc1c(O)cncc1O. The van der Waals surface area contributed by atoms with E-state index in [1.807, 2.05) is 0 Å². The standard InChI is InChI=1S/C6H5NO3/c8-3-4-5(9)1-7-2-6(4)10/h1-3,9-10H. The van der Waals surface area contributed by atoms with Gasteiger partial charge in [0.25, 0.3) is 0 Å². The van der Waals surface area contributed by atoms with Crippen LogP contribution >= 0.6 is 0 Å². The van der Waals surface area contributed by atoms with Crippen LogP contribution in [0.5, 0.6) is 11.5 Å². The Hall–Kier alpha value is -1.58. The van der Waals surface area contributed by atoms with E-state index in [1.54, 1.807) is 0 Å². The van der Waals surface area contributed by atoms with Crippen molar-refractivity contribution in [3.63, 3.8) is 0 Å². The molecule has 0 aliphatic heterocycles.